The van der Waals surface area contributed by atoms with Gasteiger partial charge in [-0.15, -0.1) is 0 Å². The highest BCUT2D eigenvalue weighted by Gasteiger charge is 2.16. The normalized spacial score (nSPS) is 11.8. The Hall–Kier alpha value is -2.18. The third-order valence-corrected chi connectivity index (χ3v) is 2.99. The minimum Gasteiger partial charge on any atom is -0.343 e. The van der Waals surface area contributed by atoms with Gasteiger partial charge in [-0.05, 0) is 31.2 Å². The van der Waals surface area contributed by atoms with E-state index in [1.54, 1.807) is 18.3 Å². The van der Waals surface area contributed by atoms with Crippen LogP contribution >= 0.6 is 11.6 Å². The Kier molecular flexibility index (Phi) is 4.49. The number of halogens is 1. The number of anilines is 1. The molecule has 1 atom stereocenters. The van der Waals surface area contributed by atoms with E-state index < -0.39 is 0 Å². The summed E-state index contributed by atoms with van der Waals surface area (Å²) in [6.07, 6.45) is 1.67. The molecule has 2 heterocycles. The largest absolute Gasteiger partial charge is 0.343 e. The van der Waals surface area contributed by atoms with Crippen LogP contribution in [0.25, 0.3) is 0 Å². The first-order chi connectivity index (χ1) is 9.61. The molecule has 7 heteroatoms. The van der Waals surface area contributed by atoms with E-state index in [0.717, 1.165) is 5.69 Å². The standard InChI is InChI=1S/C13H14ClN5O/c1-8(10-4-2-3-7-16-10)17-13(20)12-9(14)5-6-11(18-12)19-15/h2-8H,15H2,1H3,(H,17,20)(H,18,19). The maximum Gasteiger partial charge on any atom is 0.272 e. The van der Waals surface area contributed by atoms with Crippen molar-refractivity contribution in [2.75, 3.05) is 5.43 Å². The molecule has 20 heavy (non-hydrogen) atoms. The zero-order valence-electron chi connectivity index (χ0n) is 10.8. The summed E-state index contributed by atoms with van der Waals surface area (Å²) in [6, 6.07) is 8.39. The summed E-state index contributed by atoms with van der Waals surface area (Å²) in [4.78, 5) is 20.4. The minimum atomic E-state index is -0.384. The van der Waals surface area contributed by atoms with Crippen molar-refractivity contribution >= 4 is 23.3 Å². The van der Waals surface area contributed by atoms with Gasteiger partial charge in [0, 0.05) is 6.20 Å². The number of carbonyl (C=O) groups is 1. The second-order valence-corrected chi connectivity index (χ2v) is 4.53. The maximum atomic E-state index is 12.2. The number of hydrogen-bond acceptors (Lipinski definition) is 5. The first-order valence-electron chi connectivity index (χ1n) is 5.96. The quantitative estimate of drug-likeness (QED) is 0.591. The van der Waals surface area contributed by atoms with Crippen molar-refractivity contribution in [3.8, 4) is 0 Å². The molecule has 2 aromatic rings. The van der Waals surface area contributed by atoms with Crippen molar-refractivity contribution in [2.45, 2.75) is 13.0 Å². The van der Waals surface area contributed by atoms with Crippen molar-refractivity contribution in [3.05, 3.63) is 52.9 Å². The van der Waals surface area contributed by atoms with Crippen molar-refractivity contribution in [3.63, 3.8) is 0 Å². The molecule has 0 aromatic carbocycles. The number of hydrazine groups is 1. The lowest BCUT2D eigenvalue weighted by Gasteiger charge is -2.13. The second-order valence-electron chi connectivity index (χ2n) is 4.12. The highest BCUT2D eigenvalue weighted by Crippen LogP contribution is 2.17. The highest BCUT2D eigenvalue weighted by molar-refractivity contribution is 6.33. The van der Waals surface area contributed by atoms with Gasteiger partial charge in [-0.2, -0.15) is 0 Å². The molecule has 0 radical (unpaired) electrons. The summed E-state index contributed by atoms with van der Waals surface area (Å²) < 4.78 is 0. The van der Waals surface area contributed by atoms with E-state index in [1.165, 1.54) is 0 Å². The Bertz CT molecular complexity index is 605. The molecule has 0 spiro atoms. The molecule has 0 saturated carbocycles. The zero-order chi connectivity index (χ0) is 14.5. The minimum absolute atomic E-state index is 0.116. The van der Waals surface area contributed by atoms with Gasteiger partial charge in [0.2, 0.25) is 0 Å². The molecule has 0 fully saturated rings. The first-order valence-corrected chi connectivity index (χ1v) is 6.34. The van der Waals surface area contributed by atoms with Crippen molar-refractivity contribution in [1.29, 1.82) is 0 Å². The van der Waals surface area contributed by atoms with Crippen LogP contribution < -0.4 is 16.6 Å². The van der Waals surface area contributed by atoms with E-state index >= 15 is 0 Å². The van der Waals surface area contributed by atoms with Crippen LogP contribution in [0, 0.1) is 0 Å². The summed E-state index contributed by atoms with van der Waals surface area (Å²) in [5, 5.41) is 3.05. The van der Waals surface area contributed by atoms with Crippen LogP contribution in [-0.4, -0.2) is 15.9 Å². The number of nitrogen functional groups attached to an aromatic ring is 1. The number of aromatic nitrogens is 2. The third kappa shape index (κ3) is 3.23. The lowest BCUT2D eigenvalue weighted by molar-refractivity contribution is 0.0934. The third-order valence-electron chi connectivity index (χ3n) is 2.69. The number of nitrogens with zero attached hydrogens (tertiary/aromatic N) is 2. The number of amides is 1. The predicted molar refractivity (Wildman–Crippen MR) is 77.2 cm³/mol. The van der Waals surface area contributed by atoms with Gasteiger partial charge in [0.25, 0.3) is 5.91 Å². The second kappa shape index (κ2) is 6.31. The van der Waals surface area contributed by atoms with E-state index in [1.807, 2.05) is 25.1 Å². The number of rotatable bonds is 4. The van der Waals surface area contributed by atoms with E-state index in [-0.39, 0.29) is 22.7 Å². The molecule has 6 nitrogen and oxygen atoms in total. The SMILES string of the molecule is CC(NC(=O)c1nc(NN)ccc1Cl)c1ccccn1. The predicted octanol–water partition coefficient (Wildman–Crippen LogP) is 1.91. The van der Waals surface area contributed by atoms with Crippen LogP contribution in [0.1, 0.15) is 29.1 Å². The van der Waals surface area contributed by atoms with Gasteiger partial charge in [0.15, 0.2) is 0 Å². The van der Waals surface area contributed by atoms with Gasteiger partial charge in [-0.1, -0.05) is 17.7 Å². The molecule has 2 aromatic heterocycles. The molecule has 0 aliphatic heterocycles. The molecular weight excluding hydrogens is 278 g/mol. The molecule has 1 amide bonds. The fourth-order valence-electron chi connectivity index (χ4n) is 1.65. The van der Waals surface area contributed by atoms with Crippen LogP contribution in [0.2, 0.25) is 5.02 Å². The summed E-state index contributed by atoms with van der Waals surface area (Å²) in [5.74, 6) is 5.25. The molecule has 1 unspecified atom stereocenters. The van der Waals surface area contributed by atoms with Crippen LogP contribution in [0.3, 0.4) is 0 Å². The van der Waals surface area contributed by atoms with Crippen LogP contribution in [-0.2, 0) is 0 Å². The summed E-state index contributed by atoms with van der Waals surface area (Å²) >= 11 is 5.97. The van der Waals surface area contributed by atoms with Gasteiger partial charge < -0.3 is 10.7 Å². The number of carbonyl (C=O) groups excluding carboxylic acids is 1. The van der Waals surface area contributed by atoms with Crippen LogP contribution in [0.15, 0.2) is 36.5 Å². The Morgan fingerprint density at radius 3 is 2.80 bits per heavy atom. The van der Waals surface area contributed by atoms with E-state index in [0.29, 0.717) is 5.82 Å². The molecule has 0 aliphatic rings. The molecule has 0 bridgehead atoms. The smallest absolute Gasteiger partial charge is 0.272 e. The summed E-state index contributed by atoms with van der Waals surface area (Å²) in [7, 11) is 0. The average molecular weight is 292 g/mol. The summed E-state index contributed by atoms with van der Waals surface area (Å²) in [6.45, 7) is 1.83. The summed E-state index contributed by atoms with van der Waals surface area (Å²) in [5.41, 5.74) is 3.24. The van der Waals surface area contributed by atoms with Crippen LogP contribution in [0.4, 0.5) is 5.82 Å². The van der Waals surface area contributed by atoms with Crippen molar-refractivity contribution < 1.29 is 4.79 Å². The Morgan fingerprint density at radius 1 is 1.35 bits per heavy atom. The van der Waals surface area contributed by atoms with Gasteiger partial charge in [0.05, 0.1) is 16.8 Å². The fourth-order valence-corrected chi connectivity index (χ4v) is 1.84. The topological polar surface area (TPSA) is 92.9 Å². The fraction of sp³-hybridized carbons (Fsp3) is 0.154. The molecule has 0 saturated heterocycles. The zero-order valence-corrected chi connectivity index (χ0v) is 11.6. The van der Waals surface area contributed by atoms with Gasteiger partial charge in [-0.25, -0.2) is 10.8 Å². The average Bonchev–Trinajstić information content (AvgIpc) is 2.48. The van der Waals surface area contributed by atoms with Gasteiger partial charge in [0.1, 0.15) is 11.5 Å². The van der Waals surface area contributed by atoms with Gasteiger partial charge in [-0.3, -0.25) is 9.78 Å². The number of hydrogen-bond donors (Lipinski definition) is 3. The molecule has 0 aliphatic carbocycles. The van der Waals surface area contributed by atoms with E-state index in [2.05, 4.69) is 20.7 Å². The van der Waals surface area contributed by atoms with E-state index in [9.17, 15) is 4.79 Å². The molecule has 2 rings (SSSR count). The monoisotopic (exact) mass is 291 g/mol. The molecule has 104 valence electrons. The Labute approximate surface area is 121 Å². The number of pyridine rings is 2. The molecule has 4 N–H and O–H groups in total. The Balaban J connectivity index is 2.16. The van der Waals surface area contributed by atoms with Gasteiger partial charge >= 0.3 is 0 Å². The molecular formula is C13H14ClN5O. The van der Waals surface area contributed by atoms with Crippen LogP contribution in [0.5, 0.6) is 0 Å². The lowest BCUT2D eigenvalue weighted by atomic mass is 10.2. The van der Waals surface area contributed by atoms with E-state index in [4.69, 9.17) is 17.4 Å². The number of nitrogens with two attached hydrogens (primary N) is 1. The van der Waals surface area contributed by atoms with Crippen molar-refractivity contribution in [2.24, 2.45) is 5.84 Å². The highest BCUT2D eigenvalue weighted by atomic mass is 35.5. The number of nitrogens with one attached hydrogen (secondary N) is 2. The lowest BCUT2D eigenvalue weighted by Crippen LogP contribution is -2.28. The Morgan fingerprint density at radius 2 is 2.15 bits per heavy atom. The maximum absolute atomic E-state index is 12.2. The van der Waals surface area contributed by atoms with Crippen molar-refractivity contribution in [1.82, 2.24) is 15.3 Å². The first kappa shape index (κ1) is 14.2.